The maximum Gasteiger partial charge on any atom is 0.213 e. The highest BCUT2D eigenvalue weighted by Crippen LogP contribution is 2.30. The molecule has 0 unspecified atom stereocenters. The van der Waals surface area contributed by atoms with Gasteiger partial charge >= 0.3 is 0 Å². The van der Waals surface area contributed by atoms with Crippen LogP contribution in [0.25, 0.3) is 0 Å². The van der Waals surface area contributed by atoms with Gasteiger partial charge in [0.1, 0.15) is 6.33 Å². The Kier molecular flexibility index (Phi) is 3.66. The van der Waals surface area contributed by atoms with Crippen LogP contribution in [0, 0.1) is 0 Å². The zero-order chi connectivity index (χ0) is 13.8. The van der Waals surface area contributed by atoms with Crippen LogP contribution in [-0.4, -0.2) is 34.0 Å². The highest BCUT2D eigenvalue weighted by molar-refractivity contribution is 5.67. The Hall–Kier alpha value is -2.55. The number of hydrogen-bond acceptors (Lipinski definition) is 8. The summed E-state index contributed by atoms with van der Waals surface area (Å²) >= 11 is 0. The first-order chi connectivity index (χ1) is 9.19. The van der Waals surface area contributed by atoms with Gasteiger partial charge in [-0.15, -0.1) is 0 Å². The number of rotatable bonds is 5. The van der Waals surface area contributed by atoms with E-state index in [0.717, 1.165) is 0 Å². The molecule has 19 heavy (non-hydrogen) atoms. The van der Waals surface area contributed by atoms with Gasteiger partial charge in [-0.3, -0.25) is 0 Å². The third kappa shape index (κ3) is 2.50. The zero-order valence-corrected chi connectivity index (χ0v) is 10.8. The van der Waals surface area contributed by atoms with Crippen molar-refractivity contribution in [2.75, 3.05) is 25.0 Å². The Balaban J connectivity index is 2.32. The Morgan fingerprint density at radius 1 is 1.21 bits per heavy atom. The van der Waals surface area contributed by atoms with E-state index in [4.69, 9.17) is 15.3 Å². The molecule has 0 radical (unpaired) electrons. The molecule has 0 saturated heterocycles. The predicted octanol–water partition coefficient (Wildman–Crippen LogP) is 0.256. The van der Waals surface area contributed by atoms with E-state index in [9.17, 15) is 0 Å². The number of ether oxygens (including phenoxy) is 2. The van der Waals surface area contributed by atoms with Crippen LogP contribution in [0.1, 0.15) is 0 Å². The standard InChI is InChI=1S/C10H15N7O2/c1-17-7(18-2)4-6(16-17)14-9-8(19-3)10(15-11)13-5-12-9/h4-5H,11H2,1-3H3,(H2,12,13,14,15,16). The van der Waals surface area contributed by atoms with E-state index < -0.39 is 0 Å². The number of nitrogens with one attached hydrogen (secondary N) is 2. The van der Waals surface area contributed by atoms with Crippen molar-refractivity contribution >= 4 is 17.5 Å². The third-order valence-corrected chi connectivity index (χ3v) is 2.44. The monoisotopic (exact) mass is 265 g/mol. The molecule has 2 rings (SSSR count). The van der Waals surface area contributed by atoms with E-state index in [1.54, 1.807) is 24.9 Å². The molecule has 0 saturated carbocycles. The summed E-state index contributed by atoms with van der Waals surface area (Å²) in [6.07, 6.45) is 1.36. The van der Waals surface area contributed by atoms with Gasteiger partial charge < -0.3 is 20.2 Å². The van der Waals surface area contributed by atoms with Gasteiger partial charge in [-0.25, -0.2) is 20.5 Å². The minimum absolute atomic E-state index is 0.378. The van der Waals surface area contributed by atoms with Crippen LogP contribution < -0.4 is 26.1 Å². The molecule has 0 atom stereocenters. The lowest BCUT2D eigenvalue weighted by atomic mass is 10.4. The van der Waals surface area contributed by atoms with E-state index in [0.29, 0.717) is 29.1 Å². The number of nitrogen functional groups attached to an aromatic ring is 1. The summed E-state index contributed by atoms with van der Waals surface area (Å²) in [5.41, 5.74) is 2.43. The van der Waals surface area contributed by atoms with Gasteiger partial charge in [-0.2, -0.15) is 5.10 Å². The molecule has 0 amide bonds. The van der Waals surface area contributed by atoms with E-state index in [1.807, 2.05) is 0 Å². The number of nitrogens with zero attached hydrogens (tertiary/aromatic N) is 4. The van der Waals surface area contributed by atoms with Crippen LogP contribution in [-0.2, 0) is 7.05 Å². The van der Waals surface area contributed by atoms with Gasteiger partial charge in [0.2, 0.25) is 11.6 Å². The number of aromatic nitrogens is 4. The van der Waals surface area contributed by atoms with Crippen molar-refractivity contribution in [3.8, 4) is 11.6 Å². The third-order valence-electron chi connectivity index (χ3n) is 2.44. The van der Waals surface area contributed by atoms with Crippen molar-refractivity contribution in [2.24, 2.45) is 12.9 Å². The molecule has 102 valence electrons. The highest BCUT2D eigenvalue weighted by Gasteiger charge is 2.13. The second kappa shape index (κ2) is 5.40. The van der Waals surface area contributed by atoms with Crippen molar-refractivity contribution < 1.29 is 9.47 Å². The SMILES string of the molecule is COc1c(NN)ncnc1Nc1cc(OC)n(C)n1. The molecule has 0 bridgehead atoms. The molecule has 0 aliphatic rings. The zero-order valence-electron chi connectivity index (χ0n) is 10.8. The highest BCUT2D eigenvalue weighted by atomic mass is 16.5. The Bertz CT molecular complexity index is 569. The van der Waals surface area contributed by atoms with Gasteiger partial charge in [-0.1, -0.05) is 0 Å². The molecule has 9 nitrogen and oxygen atoms in total. The lowest BCUT2D eigenvalue weighted by Gasteiger charge is -2.10. The topological polar surface area (TPSA) is 112 Å². The number of aryl methyl sites for hydroxylation is 1. The van der Waals surface area contributed by atoms with Crippen LogP contribution >= 0.6 is 0 Å². The maximum atomic E-state index is 5.35. The number of hydrogen-bond donors (Lipinski definition) is 3. The first-order valence-corrected chi connectivity index (χ1v) is 5.40. The molecule has 9 heteroatoms. The van der Waals surface area contributed by atoms with E-state index in [2.05, 4.69) is 25.8 Å². The molecule has 2 heterocycles. The lowest BCUT2D eigenvalue weighted by molar-refractivity contribution is 0.373. The smallest absolute Gasteiger partial charge is 0.213 e. The first kappa shape index (κ1) is 12.9. The van der Waals surface area contributed by atoms with Crippen molar-refractivity contribution in [3.63, 3.8) is 0 Å². The fourth-order valence-corrected chi connectivity index (χ4v) is 1.58. The minimum Gasteiger partial charge on any atom is -0.490 e. The summed E-state index contributed by atoms with van der Waals surface area (Å²) < 4.78 is 11.9. The Morgan fingerprint density at radius 3 is 2.53 bits per heavy atom. The van der Waals surface area contributed by atoms with E-state index in [1.165, 1.54) is 13.4 Å². The Labute approximate surface area is 109 Å². The average Bonchev–Trinajstić information content (AvgIpc) is 2.78. The Morgan fingerprint density at radius 2 is 1.95 bits per heavy atom. The number of methoxy groups -OCH3 is 2. The largest absolute Gasteiger partial charge is 0.490 e. The molecule has 0 spiro atoms. The molecule has 0 aromatic carbocycles. The predicted molar refractivity (Wildman–Crippen MR) is 69.4 cm³/mol. The summed E-state index contributed by atoms with van der Waals surface area (Å²) in [7, 11) is 4.85. The molecule has 0 fully saturated rings. The first-order valence-electron chi connectivity index (χ1n) is 5.40. The van der Waals surface area contributed by atoms with E-state index >= 15 is 0 Å². The van der Waals surface area contributed by atoms with Gasteiger partial charge in [-0.05, 0) is 0 Å². The second-order valence-electron chi connectivity index (χ2n) is 3.57. The molecule has 0 aliphatic carbocycles. The van der Waals surface area contributed by atoms with Crippen LogP contribution in [0.5, 0.6) is 11.6 Å². The summed E-state index contributed by atoms with van der Waals surface area (Å²) in [4.78, 5) is 8.03. The normalized spacial score (nSPS) is 10.1. The summed E-state index contributed by atoms with van der Waals surface area (Å²) in [5.74, 6) is 7.76. The lowest BCUT2D eigenvalue weighted by Crippen LogP contribution is -2.11. The summed E-state index contributed by atoms with van der Waals surface area (Å²) in [6, 6.07) is 1.73. The van der Waals surface area contributed by atoms with Crippen LogP contribution in [0.15, 0.2) is 12.4 Å². The number of anilines is 3. The van der Waals surface area contributed by atoms with Gasteiger partial charge in [0.25, 0.3) is 0 Å². The van der Waals surface area contributed by atoms with Gasteiger partial charge in [0.05, 0.1) is 14.2 Å². The van der Waals surface area contributed by atoms with Crippen molar-refractivity contribution in [1.29, 1.82) is 0 Å². The number of hydrazine groups is 1. The van der Waals surface area contributed by atoms with Crippen LogP contribution in [0.3, 0.4) is 0 Å². The van der Waals surface area contributed by atoms with Crippen LogP contribution in [0.2, 0.25) is 0 Å². The number of nitrogens with two attached hydrogens (primary N) is 1. The fraction of sp³-hybridized carbons (Fsp3) is 0.300. The maximum absolute atomic E-state index is 5.35. The molecular weight excluding hydrogens is 250 g/mol. The van der Waals surface area contributed by atoms with Crippen LogP contribution in [0.4, 0.5) is 17.5 Å². The molecule has 2 aromatic rings. The quantitative estimate of drug-likeness (QED) is 0.521. The summed E-state index contributed by atoms with van der Waals surface area (Å²) in [5, 5.41) is 7.23. The van der Waals surface area contributed by atoms with Crippen molar-refractivity contribution in [1.82, 2.24) is 19.7 Å². The van der Waals surface area contributed by atoms with Crippen molar-refractivity contribution in [3.05, 3.63) is 12.4 Å². The summed E-state index contributed by atoms with van der Waals surface area (Å²) in [6.45, 7) is 0. The fourth-order valence-electron chi connectivity index (χ4n) is 1.58. The van der Waals surface area contributed by atoms with Crippen molar-refractivity contribution in [2.45, 2.75) is 0 Å². The molecular formula is C10H15N7O2. The minimum atomic E-state index is 0.378. The van der Waals surface area contributed by atoms with Gasteiger partial charge in [0, 0.05) is 13.1 Å². The second-order valence-corrected chi connectivity index (χ2v) is 3.57. The average molecular weight is 265 g/mol. The van der Waals surface area contributed by atoms with E-state index in [-0.39, 0.29) is 0 Å². The molecule has 4 N–H and O–H groups in total. The molecule has 2 aromatic heterocycles. The van der Waals surface area contributed by atoms with Gasteiger partial charge in [0.15, 0.2) is 17.5 Å². The molecule has 0 aliphatic heterocycles.